The Hall–Kier alpha value is -2.13. The van der Waals surface area contributed by atoms with Gasteiger partial charge in [0.15, 0.2) is 5.78 Å². The van der Waals surface area contributed by atoms with Crippen LogP contribution in [-0.4, -0.2) is 11.7 Å². The molecule has 1 amide bonds. The van der Waals surface area contributed by atoms with Crippen LogP contribution in [0, 0.1) is 0 Å². The van der Waals surface area contributed by atoms with E-state index in [2.05, 4.69) is 5.32 Å². The highest BCUT2D eigenvalue weighted by molar-refractivity contribution is 6.30. The number of amides is 1. The Morgan fingerprint density at radius 2 is 1.83 bits per heavy atom. The number of carbonyl (C=O) groups is 2. The van der Waals surface area contributed by atoms with Gasteiger partial charge in [-0.05, 0) is 54.7 Å². The van der Waals surface area contributed by atoms with Gasteiger partial charge in [-0.1, -0.05) is 29.8 Å². The third kappa shape index (κ3) is 3.99. The Morgan fingerprint density at radius 1 is 1.00 bits per heavy atom. The third-order valence-electron chi connectivity index (χ3n) is 4.11. The summed E-state index contributed by atoms with van der Waals surface area (Å²) in [4.78, 5) is 24.2. The standard InChI is InChI=1S/C19H18ClNO2/c20-16-5-2-6-17(12-16)21-19(23)10-9-18(22)15-8-7-13-3-1-4-14(13)11-15/h2,5-8,11-12H,1,3-4,9-10H2,(H,21,23). The van der Waals surface area contributed by atoms with Crippen molar-refractivity contribution in [3.63, 3.8) is 0 Å². The zero-order valence-corrected chi connectivity index (χ0v) is 13.5. The SMILES string of the molecule is O=C(CCC(=O)c1ccc2c(c1)CCC2)Nc1cccc(Cl)c1. The van der Waals surface area contributed by atoms with Gasteiger partial charge in [0.25, 0.3) is 0 Å². The highest BCUT2D eigenvalue weighted by atomic mass is 35.5. The molecule has 0 heterocycles. The molecule has 1 N–H and O–H groups in total. The topological polar surface area (TPSA) is 46.2 Å². The van der Waals surface area contributed by atoms with E-state index in [0.717, 1.165) is 19.3 Å². The zero-order valence-electron chi connectivity index (χ0n) is 12.8. The molecular formula is C19H18ClNO2. The first-order valence-corrected chi connectivity index (χ1v) is 8.20. The van der Waals surface area contributed by atoms with Crippen LogP contribution in [0.15, 0.2) is 42.5 Å². The molecule has 0 saturated carbocycles. The molecule has 2 aromatic rings. The summed E-state index contributed by atoms with van der Waals surface area (Å²) < 4.78 is 0. The predicted molar refractivity (Wildman–Crippen MR) is 92.1 cm³/mol. The number of aryl methyl sites for hydroxylation is 2. The lowest BCUT2D eigenvalue weighted by atomic mass is 10.0. The van der Waals surface area contributed by atoms with E-state index < -0.39 is 0 Å². The highest BCUT2D eigenvalue weighted by Gasteiger charge is 2.15. The summed E-state index contributed by atoms with van der Waals surface area (Å²) in [5, 5.41) is 3.32. The Labute approximate surface area is 140 Å². The molecule has 0 aliphatic heterocycles. The van der Waals surface area contributed by atoms with Crippen molar-refractivity contribution in [3.05, 3.63) is 64.2 Å². The molecule has 1 aliphatic rings. The molecule has 0 atom stereocenters. The first-order chi connectivity index (χ1) is 11.1. The largest absolute Gasteiger partial charge is 0.326 e. The van der Waals surface area contributed by atoms with Gasteiger partial charge in [-0.15, -0.1) is 0 Å². The minimum atomic E-state index is -0.179. The normalized spacial score (nSPS) is 12.7. The number of rotatable bonds is 5. The summed E-state index contributed by atoms with van der Waals surface area (Å²) in [5.41, 5.74) is 3.98. The second-order valence-electron chi connectivity index (χ2n) is 5.82. The Kier molecular flexibility index (Phi) is 4.77. The summed E-state index contributed by atoms with van der Waals surface area (Å²) >= 11 is 5.88. The molecule has 2 aromatic carbocycles. The monoisotopic (exact) mass is 327 g/mol. The van der Waals surface area contributed by atoms with E-state index in [1.165, 1.54) is 11.1 Å². The maximum Gasteiger partial charge on any atom is 0.224 e. The van der Waals surface area contributed by atoms with Crippen LogP contribution < -0.4 is 5.32 Å². The van der Waals surface area contributed by atoms with E-state index >= 15 is 0 Å². The van der Waals surface area contributed by atoms with Crippen LogP contribution in [0.3, 0.4) is 0 Å². The summed E-state index contributed by atoms with van der Waals surface area (Å²) in [6.07, 6.45) is 3.69. The Balaban J connectivity index is 1.55. The van der Waals surface area contributed by atoms with Crippen molar-refractivity contribution in [3.8, 4) is 0 Å². The molecule has 0 spiro atoms. The van der Waals surface area contributed by atoms with E-state index in [1.807, 2.05) is 18.2 Å². The summed E-state index contributed by atoms with van der Waals surface area (Å²) in [7, 11) is 0. The lowest BCUT2D eigenvalue weighted by Crippen LogP contribution is -2.13. The fourth-order valence-corrected chi connectivity index (χ4v) is 3.10. The second-order valence-corrected chi connectivity index (χ2v) is 6.26. The van der Waals surface area contributed by atoms with E-state index in [4.69, 9.17) is 11.6 Å². The van der Waals surface area contributed by atoms with Crippen LogP contribution in [-0.2, 0) is 17.6 Å². The molecule has 1 aliphatic carbocycles. The quantitative estimate of drug-likeness (QED) is 0.826. The van der Waals surface area contributed by atoms with E-state index in [-0.39, 0.29) is 24.5 Å². The van der Waals surface area contributed by atoms with Crippen LogP contribution in [0.5, 0.6) is 0 Å². The second kappa shape index (κ2) is 6.97. The number of ketones is 1. The van der Waals surface area contributed by atoms with Gasteiger partial charge in [0, 0.05) is 29.1 Å². The van der Waals surface area contributed by atoms with Crippen molar-refractivity contribution < 1.29 is 9.59 Å². The molecule has 3 nitrogen and oxygen atoms in total. The summed E-state index contributed by atoms with van der Waals surface area (Å²) in [6.45, 7) is 0. The minimum absolute atomic E-state index is 0.0148. The maximum atomic E-state index is 12.3. The number of Topliss-reactive ketones (excluding diaryl/α,β-unsaturated/α-hetero) is 1. The van der Waals surface area contributed by atoms with Gasteiger partial charge in [-0.25, -0.2) is 0 Å². The molecule has 3 rings (SSSR count). The molecule has 0 unspecified atom stereocenters. The molecule has 4 heteroatoms. The Bertz CT molecular complexity index is 755. The van der Waals surface area contributed by atoms with Gasteiger partial charge in [0.05, 0.1) is 0 Å². The van der Waals surface area contributed by atoms with Crippen LogP contribution in [0.4, 0.5) is 5.69 Å². The van der Waals surface area contributed by atoms with Crippen LogP contribution in [0.1, 0.15) is 40.7 Å². The fraction of sp³-hybridized carbons (Fsp3) is 0.263. The van der Waals surface area contributed by atoms with Crippen LogP contribution in [0.2, 0.25) is 5.02 Å². The fourth-order valence-electron chi connectivity index (χ4n) is 2.91. The summed E-state index contributed by atoms with van der Waals surface area (Å²) in [6, 6.07) is 12.9. The van der Waals surface area contributed by atoms with Gasteiger partial charge in [0.1, 0.15) is 0 Å². The van der Waals surface area contributed by atoms with Gasteiger partial charge < -0.3 is 5.32 Å². The van der Waals surface area contributed by atoms with Crippen molar-refractivity contribution in [2.75, 3.05) is 5.32 Å². The molecule has 0 bridgehead atoms. The van der Waals surface area contributed by atoms with Crippen molar-refractivity contribution in [2.24, 2.45) is 0 Å². The first-order valence-electron chi connectivity index (χ1n) is 7.82. The van der Waals surface area contributed by atoms with Gasteiger partial charge in [0.2, 0.25) is 5.91 Å². The lowest BCUT2D eigenvalue weighted by molar-refractivity contribution is -0.116. The van der Waals surface area contributed by atoms with Gasteiger partial charge >= 0.3 is 0 Å². The van der Waals surface area contributed by atoms with Crippen LogP contribution >= 0.6 is 11.6 Å². The smallest absolute Gasteiger partial charge is 0.224 e. The van der Waals surface area contributed by atoms with Crippen molar-refractivity contribution in [1.29, 1.82) is 0 Å². The third-order valence-corrected chi connectivity index (χ3v) is 4.34. The van der Waals surface area contributed by atoms with Crippen molar-refractivity contribution >= 4 is 29.0 Å². The predicted octanol–water partition coefficient (Wildman–Crippen LogP) is 4.43. The summed E-state index contributed by atoms with van der Waals surface area (Å²) in [5.74, 6) is -0.164. The number of fused-ring (bicyclic) bond motifs is 1. The number of nitrogens with one attached hydrogen (secondary N) is 1. The molecule has 0 aromatic heterocycles. The molecule has 118 valence electrons. The average molecular weight is 328 g/mol. The van der Waals surface area contributed by atoms with E-state index in [0.29, 0.717) is 16.3 Å². The molecule has 0 fully saturated rings. The van der Waals surface area contributed by atoms with Crippen molar-refractivity contribution in [1.82, 2.24) is 0 Å². The number of carbonyl (C=O) groups excluding carboxylic acids is 2. The number of hydrogen-bond acceptors (Lipinski definition) is 2. The lowest BCUT2D eigenvalue weighted by Gasteiger charge is -2.06. The molecule has 23 heavy (non-hydrogen) atoms. The van der Waals surface area contributed by atoms with E-state index in [1.54, 1.807) is 24.3 Å². The Morgan fingerprint density at radius 3 is 2.65 bits per heavy atom. The van der Waals surface area contributed by atoms with Crippen molar-refractivity contribution in [2.45, 2.75) is 32.1 Å². The first kappa shape index (κ1) is 15.8. The zero-order chi connectivity index (χ0) is 16.2. The highest BCUT2D eigenvalue weighted by Crippen LogP contribution is 2.23. The van der Waals surface area contributed by atoms with Gasteiger partial charge in [-0.3, -0.25) is 9.59 Å². The molecular weight excluding hydrogens is 310 g/mol. The molecule has 0 radical (unpaired) electrons. The molecule has 0 saturated heterocycles. The number of hydrogen-bond donors (Lipinski definition) is 1. The van der Waals surface area contributed by atoms with Gasteiger partial charge in [-0.2, -0.15) is 0 Å². The average Bonchev–Trinajstić information content (AvgIpc) is 3.00. The maximum absolute atomic E-state index is 12.3. The number of anilines is 1. The van der Waals surface area contributed by atoms with E-state index in [9.17, 15) is 9.59 Å². The minimum Gasteiger partial charge on any atom is -0.326 e. The van der Waals surface area contributed by atoms with Crippen LogP contribution in [0.25, 0.3) is 0 Å². The number of halogens is 1. The number of benzene rings is 2.